The lowest BCUT2D eigenvalue weighted by atomic mass is 10.5. The first kappa shape index (κ1) is 14.1. The third-order valence-corrected chi connectivity index (χ3v) is 5.66. The van der Waals surface area contributed by atoms with Crippen molar-refractivity contribution in [2.24, 2.45) is 0 Å². The van der Waals surface area contributed by atoms with Crippen molar-refractivity contribution >= 4 is 8.48 Å². The van der Waals surface area contributed by atoms with E-state index in [1.165, 1.54) is 0 Å². The van der Waals surface area contributed by atoms with Gasteiger partial charge in [0.05, 0.1) is 0 Å². The van der Waals surface area contributed by atoms with E-state index in [0.29, 0.717) is 25.2 Å². The maximum absolute atomic E-state index is 10.6. The second kappa shape index (κ2) is 7.40. The smallest absolute Gasteiger partial charge is 0.276 e. The topological polar surface area (TPSA) is 23.5 Å². The molecule has 0 saturated heterocycles. The Kier molecular flexibility index (Phi) is 6.95. The molecule has 15 heavy (non-hydrogen) atoms. The fourth-order valence-corrected chi connectivity index (χ4v) is 4.08. The molecule has 0 heterocycles. The van der Waals surface area contributed by atoms with Crippen molar-refractivity contribution < 1.29 is 4.80 Å². The van der Waals surface area contributed by atoms with Crippen LogP contribution in [0.15, 0.2) is 50.6 Å². The minimum absolute atomic E-state index is 0.640. The van der Waals surface area contributed by atoms with Crippen LogP contribution in [-0.4, -0.2) is 30.9 Å². The summed E-state index contributed by atoms with van der Waals surface area (Å²) >= 11 is 0. The minimum atomic E-state index is -2.47. The van der Waals surface area contributed by atoms with Gasteiger partial charge in [-0.05, 0) is 12.1 Å². The molecule has 0 spiro atoms. The molecule has 0 radical (unpaired) electrons. The van der Waals surface area contributed by atoms with Crippen LogP contribution in [0.25, 0.3) is 0 Å². The quantitative estimate of drug-likeness (QED) is 0.479. The van der Waals surface area contributed by atoms with Crippen molar-refractivity contribution in [3.05, 3.63) is 50.6 Å². The molecule has 2 nitrogen and oxygen atoms in total. The maximum Gasteiger partial charge on any atom is 0.276 e. The van der Waals surface area contributed by atoms with E-state index in [1.54, 1.807) is 24.3 Å². The van der Waals surface area contributed by atoms with E-state index >= 15 is 0 Å². The first-order chi connectivity index (χ1) is 7.14. The number of hydrogen-bond acceptors (Lipinski definition) is 2. The first-order valence-corrected chi connectivity index (χ1v) is 7.36. The highest BCUT2D eigenvalue weighted by Gasteiger charge is 2.34. The highest BCUT2D eigenvalue weighted by atomic mass is 28.4. The number of allylic oxidation sites excluding steroid dienone is 2. The zero-order chi connectivity index (χ0) is 11.7. The Morgan fingerprint density at radius 2 is 1.27 bits per heavy atom. The lowest BCUT2D eigenvalue weighted by Gasteiger charge is -2.34. The Morgan fingerprint density at radius 1 is 0.867 bits per heavy atom. The van der Waals surface area contributed by atoms with Crippen LogP contribution in [0.3, 0.4) is 0 Å². The molecule has 0 aromatic heterocycles. The van der Waals surface area contributed by atoms with Gasteiger partial charge in [-0.3, -0.25) is 4.57 Å². The molecule has 84 valence electrons. The Hall–Kier alpha value is -0.903. The summed E-state index contributed by atoms with van der Waals surface area (Å²) in [7, 11) is -2.47. The summed E-state index contributed by atoms with van der Waals surface area (Å²) in [4.78, 5) is 10.6. The lowest BCUT2D eigenvalue weighted by Crippen LogP contribution is -2.53. The standard InChI is InChI=1S/C12H21NOSi/c1-5-9-13(10-6-2)15(14,11-7-3)12-8-4/h5-8,14H,1-4,9-12H2. The van der Waals surface area contributed by atoms with Crippen LogP contribution in [-0.2, 0) is 0 Å². The lowest BCUT2D eigenvalue weighted by molar-refractivity contribution is 0.382. The zero-order valence-corrected chi connectivity index (χ0v) is 10.4. The highest BCUT2D eigenvalue weighted by molar-refractivity contribution is 6.70. The molecule has 0 atom stereocenters. The molecule has 0 unspecified atom stereocenters. The monoisotopic (exact) mass is 223 g/mol. The van der Waals surface area contributed by atoms with Gasteiger partial charge >= 0.3 is 0 Å². The van der Waals surface area contributed by atoms with Crippen LogP contribution in [0.4, 0.5) is 0 Å². The van der Waals surface area contributed by atoms with Crippen molar-refractivity contribution in [2.45, 2.75) is 12.1 Å². The van der Waals surface area contributed by atoms with Crippen molar-refractivity contribution in [1.29, 1.82) is 0 Å². The van der Waals surface area contributed by atoms with Crippen LogP contribution >= 0.6 is 0 Å². The molecular formula is C12H21NOSi. The zero-order valence-electron chi connectivity index (χ0n) is 9.36. The predicted octanol–water partition coefficient (Wildman–Crippen LogP) is 2.47. The van der Waals surface area contributed by atoms with Gasteiger partial charge in [0, 0.05) is 13.1 Å². The van der Waals surface area contributed by atoms with Gasteiger partial charge in [-0.15, -0.1) is 26.3 Å². The van der Waals surface area contributed by atoms with E-state index < -0.39 is 8.48 Å². The van der Waals surface area contributed by atoms with Crippen LogP contribution in [0.5, 0.6) is 0 Å². The van der Waals surface area contributed by atoms with Crippen LogP contribution in [0, 0.1) is 0 Å². The molecule has 0 saturated carbocycles. The Labute approximate surface area is 94.1 Å². The average Bonchev–Trinajstić information content (AvgIpc) is 2.18. The van der Waals surface area contributed by atoms with Gasteiger partial charge in [0.1, 0.15) is 0 Å². The van der Waals surface area contributed by atoms with Gasteiger partial charge in [-0.25, -0.2) is 0 Å². The molecule has 0 fully saturated rings. The number of hydrogen-bond donors (Lipinski definition) is 1. The van der Waals surface area contributed by atoms with E-state index in [9.17, 15) is 4.80 Å². The van der Waals surface area contributed by atoms with Gasteiger partial charge in [0.15, 0.2) is 0 Å². The van der Waals surface area contributed by atoms with E-state index in [2.05, 4.69) is 26.3 Å². The molecule has 0 aliphatic rings. The second-order valence-corrected chi connectivity index (χ2v) is 6.86. The largest absolute Gasteiger partial charge is 0.419 e. The molecule has 0 aromatic rings. The van der Waals surface area contributed by atoms with Gasteiger partial charge < -0.3 is 4.80 Å². The molecule has 0 bridgehead atoms. The molecule has 0 rings (SSSR count). The molecule has 0 aromatic carbocycles. The summed E-state index contributed by atoms with van der Waals surface area (Å²) in [6, 6.07) is 1.28. The molecule has 3 heteroatoms. The van der Waals surface area contributed by atoms with Gasteiger partial charge in [0.2, 0.25) is 0 Å². The third kappa shape index (κ3) is 4.42. The van der Waals surface area contributed by atoms with E-state index in [4.69, 9.17) is 0 Å². The van der Waals surface area contributed by atoms with Crippen molar-refractivity contribution in [3.8, 4) is 0 Å². The first-order valence-electron chi connectivity index (χ1n) is 5.05. The maximum atomic E-state index is 10.6. The van der Waals surface area contributed by atoms with Gasteiger partial charge in [-0.2, -0.15) is 0 Å². The Bertz CT molecular complexity index is 218. The number of nitrogens with zero attached hydrogens (tertiary/aromatic N) is 1. The van der Waals surface area contributed by atoms with Crippen molar-refractivity contribution in [1.82, 2.24) is 4.57 Å². The summed E-state index contributed by atoms with van der Waals surface area (Å²) in [5.74, 6) is 0. The van der Waals surface area contributed by atoms with Gasteiger partial charge in [0.25, 0.3) is 8.48 Å². The minimum Gasteiger partial charge on any atom is -0.419 e. The average molecular weight is 223 g/mol. The molecule has 0 aliphatic carbocycles. The van der Waals surface area contributed by atoms with Crippen LogP contribution < -0.4 is 0 Å². The van der Waals surface area contributed by atoms with Crippen LogP contribution in [0.1, 0.15) is 0 Å². The molecule has 0 aliphatic heterocycles. The third-order valence-electron chi connectivity index (χ3n) is 2.23. The van der Waals surface area contributed by atoms with Crippen LogP contribution in [0.2, 0.25) is 12.1 Å². The summed E-state index contributed by atoms with van der Waals surface area (Å²) in [5, 5.41) is 0. The Morgan fingerprint density at radius 3 is 1.53 bits per heavy atom. The van der Waals surface area contributed by atoms with E-state index in [1.807, 2.05) is 4.57 Å². The molecular weight excluding hydrogens is 202 g/mol. The van der Waals surface area contributed by atoms with Crippen molar-refractivity contribution in [2.75, 3.05) is 13.1 Å². The summed E-state index contributed by atoms with van der Waals surface area (Å²) in [6.45, 7) is 16.1. The van der Waals surface area contributed by atoms with E-state index in [-0.39, 0.29) is 0 Å². The fourth-order valence-electron chi connectivity index (χ4n) is 1.53. The summed E-state index contributed by atoms with van der Waals surface area (Å²) in [6.07, 6.45) is 7.14. The second-order valence-electron chi connectivity index (χ2n) is 3.45. The van der Waals surface area contributed by atoms with E-state index in [0.717, 1.165) is 0 Å². The highest BCUT2D eigenvalue weighted by Crippen LogP contribution is 2.18. The summed E-state index contributed by atoms with van der Waals surface area (Å²) in [5.41, 5.74) is 0. The SMILES string of the molecule is C=CCN(CC=C)[Si](O)(CC=C)CC=C. The van der Waals surface area contributed by atoms with Crippen molar-refractivity contribution in [3.63, 3.8) is 0 Å². The Balaban J connectivity index is 4.76. The normalized spacial score (nSPS) is 11.1. The number of rotatable bonds is 9. The fraction of sp³-hybridized carbons (Fsp3) is 0.333. The molecule has 1 N–H and O–H groups in total. The van der Waals surface area contributed by atoms with Gasteiger partial charge in [-0.1, -0.05) is 24.3 Å². The summed E-state index contributed by atoms with van der Waals surface area (Å²) < 4.78 is 2.04. The predicted molar refractivity (Wildman–Crippen MR) is 69.9 cm³/mol. The molecule has 0 amide bonds.